The van der Waals surface area contributed by atoms with Gasteiger partial charge in [-0.25, -0.2) is 9.97 Å². The number of carbonyl (C=O) groups is 1. The van der Waals surface area contributed by atoms with Crippen molar-refractivity contribution < 1.29 is 9.21 Å². The van der Waals surface area contributed by atoms with Gasteiger partial charge < -0.3 is 14.3 Å². The Bertz CT molecular complexity index is 856. The van der Waals surface area contributed by atoms with Gasteiger partial charge in [-0.05, 0) is 38.8 Å². The fraction of sp³-hybridized carbons (Fsp3) is 0.353. The van der Waals surface area contributed by atoms with Crippen LogP contribution in [0.1, 0.15) is 37.2 Å². The number of H-pyrrole nitrogens is 1. The van der Waals surface area contributed by atoms with E-state index in [9.17, 15) is 4.79 Å². The maximum Gasteiger partial charge on any atom is 0.290 e. The molecule has 1 saturated heterocycles. The number of furan rings is 1. The van der Waals surface area contributed by atoms with E-state index < -0.39 is 0 Å². The first-order valence-corrected chi connectivity index (χ1v) is 7.85. The maximum atomic E-state index is 12.7. The van der Waals surface area contributed by atoms with Crippen molar-refractivity contribution in [3.8, 4) is 11.3 Å². The fourth-order valence-corrected chi connectivity index (χ4v) is 3.40. The van der Waals surface area contributed by atoms with Gasteiger partial charge in [-0.1, -0.05) is 0 Å². The number of carbonyl (C=O) groups excluding carboxylic acids is 1. The van der Waals surface area contributed by atoms with Gasteiger partial charge >= 0.3 is 0 Å². The predicted molar refractivity (Wildman–Crippen MR) is 85.9 cm³/mol. The average Bonchev–Trinajstić information content (AvgIpc) is 3.26. The molecule has 1 fully saturated rings. The number of nitrogens with one attached hydrogen (secondary N) is 1. The van der Waals surface area contributed by atoms with Crippen LogP contribution in [0.25, 0.3) is 22.3 Å². The molecule has 118 valence electrons. The number of rotatable bonds is 2. The number of aromatic nitrogens is 3. The van der Waals surface area contributed by atoms with Crippen LogP contribution >= 0.6 is 0 Å². The Hall–Kier alpha value is -2.63. The summed E-state index contributed by atoms with van der Waals surface area (Å²) in [6.07, 6.45) is 7.00. The zero-order valence-corrected chi connectivity index (χ0v) is 13.1. The van der Waals surface area contributed by atoms with E-state index in [4.69, 9.17) is 4.42 Å². The van der Waals surface area contributed by atoms with Gasteiger partial charge in [-0.3, -0.25) is 4.79 Å². The van der Waals surface area contributed by atoms with Crippen LogP contribution in [-0.2, 0) is 0 Å². The lowest BCUT2D eigenvalue weighted by Crippen LogP contribution is -2.38. The van der Waals surface area contributed by atoms with E-state index in [0.717, 1.165) is 35.1 Å². The van der Waals surface area contributed by atoms with Crippen molar-refractivity contribution in [3.05, 3.63) is 36.7 Å². The Morgan fingerprint density at radius 2 is 2.09 bits per heavy atom. The van der Waals surface area contributed by atoms with Gasteiger partial charge in [-0.15, -0.1) is 0 Å². The second-order valence-corrected chi connectivity index (χ2v) is 6.15. The second-order valence-electron chi connectivity index (χ2n) is 6.15. The largest absolute Gasteiger partial charge is 0.458 e. The lowest BCUT2D eigenvalue weighted by atomic mass is 10.1. The molecule has 0 aromatic carbocycles. The zero-order chi connectivity index (χ0) is 16.0. The first-order valence-electron chi connectivity index (χ1n) is 7.85. The summed E-state index contributed by atoms with van der Waals surface area (Å²) in [6, 6.07) is 4.20. The van der Waals surface area contributed by atoms with Gasteiger partial charge in [0.15, 0.2) is 5.76 Å². The van der Waals surface area contributed by atoms with Crippen molar-refractivity contribution in [2.24, 2.45) is 0 Å². The monoisotopic (exact) mass is 310 g/mol. The van der Waals surface area contributed by atoms with Crippen molar-refractivity contribution in [2.75, 3.05) is 0 Å². The molecule has 1 aliphatic heterocycles. The van der Waals surface area contributed by atoms with Gasteiger partial charge in [0.25, 0.3) is 5.91 Å². The molecule has 1 unspecified atom stereocenters. The van der Waals surface area contributed by atoms with Crippen LogP contribution in [0, 0.1) is 0 Å². The van der Waals surface area contributed by atoms with Crippen LogP contribution in [0.4, 0.5) is 0 Å². The highest BCUT2D eigenvalue weighted by Gasteiger charge is 2.33. The van der Waals surface area contributed by atoms with Crippen LogP contribution in [-0.4, -0.2) is 37.8 Å². The quantitative estimate of drug-likeness (QED) is 0.788. The number of nitrogens with zero attached hydrogens (tertiary/aromatic N) is 3. The Morgan fingerprint density at radius 1 is 1.30 bits per heavy atom. The van der Waals surface area contributed by atoms with Crippen molar-refractivity contribution in [1.29, 1.82) is 0 Å². The lowest BCUT2D eigenvalue weighted by molar-refractivity contribution is 0.0660. The Balaban J connectivity index is 1.69. The fourth-order valence-electron chi connectivity index (χ4n) is 3.40. The Kier molecular flexibility index (Phi) is 3.18. The normalized spacial score (nSPS) is 21.2. The minimum absolute atomic E-state index is 0.0480. The Labute approximate surface area is 133 Å². The number of hydrogen-bond donors (Lipinski definition) is 1. The summed E-state index contributed by atoms with van der Waals surface area (Å²) in [5.74, 6) is 0.316. The third-order valence-corrected chi connectivity index (χ3v) is 4.62. The van der Waals surface area contributed by atoms with Crippen LogP contribution in [0.3, 0.4) is 0 Å². The highest BCUT2D eigenvalue weighted by Crippen LogP contribution is 2.29. The van der Waals surface area contributed by atoms with Crippen molar-refractivity contribution in [1.82, 2.24) is 19.9 Å². The standard InChI is InChI=1S/C17H18N4O2/c1-10-3-4-11(2)21(10)17(22)14-7-12(8-23-14)15-13-5-6-18-16(13)20-9-19-15/h5-11H,3-4H2,1-2H3,(H,18,19,20)/t10-,11?/m1/s1. The number of amides is 1. The molecule has 2 atom stereocenters. The minimum atomic E-state index is -0.0480. The van der Waals surface area contributed by atoms with Gasteiger partial charge in [0.05, 0.1) is 5.69 Å². The highest BCUT2D eigenvalue weighted by molar-refractivity contribution is 5.95. The van der Waals surface area contributed by atoms with Crippen LogP contribution in [0.2, 0.25) is 0 Å². The first-order chi connectivity index (χ1) is 11.1. The number of hydrogen-bond acceptors (Lipinski definition) is 4. The summed E-state index contributed by atoms with van der Waals surface area (Å²) in [5.41, 5.74) is 2.33. The van der Waals surface area contributed by atoms with E-state index in [0.29, 0.717) is 5.76 Å². The van der Waals surface area contributed by atoms with Crippen LogP contribution in [0.5, 0.6) is 0 Å². The van der Waals surface area contributed by atoms with Gasteiger partial charge in [0, 0.05) is 29.2 Å². The summed E-state index contributed by atoms with van der Waals surface area (Å²) >= 11 is 0. The van der Waals surface area contributed by atoms with E-state index in [1.807, 2.05) is 17.2 Å². The summed E-state index contributed by atoms with van der Waals surface area (Å²) in [4.78, 5) is 26.2. The molecule has 4 rings (SSSR count). The molecule has 1 N–H and O–H groups in total. The molecule has 6 heteroatoms. The average molecular weight is 310 g/mol. The molecule has 3 aromatic rings. The molecule has 0 spiro atoms. The summed E-state index contributed by atoms with van der Waals surface area (Å²) in [5, 5.41) is 0.912. The molecule has 0 saturated carbocycles. The molecular formula is C17H18N4O2. The van der Waals surface area contributed by atoms with Crippen molar-refractivity contribution in [3.63, 3.8) is 0 Å². The molecule has 1 aliphatic rings. The zero-order valence-electron chi connectivity index (χ0n) is 13.1. The van der Waals surface area contributed by atoms with Gasteiger partial charge in [0.2, 0.25) is 0 Å². The Morgan fingerprint density at radius 3 is 2.87 bits per heavy atom. The van der Waals surface area contributed by atoms with E-state index in [-0.39, 0.29) is 18.0 Å². The summed E-state index contributed by atoms with van der Waals surface area (Å²) in [6.45, 7) is 4.16. The van der Waals surface area contributed by atoms with E-state index in [1.54, 1.807) is 12.3 Å². The SMILES string of the molecule is CC1CC[C@@H](C)N1C(=O)c1cc(-c2ncnc3[nH]ccc23)co1. The van der Waals surface area contributed by atoms with Gasteiger partial charge in [0.1, 0.15) is 18.2 Å². The highest BCUT2D eigenvalue weighted by atomic mass is 16.3. The summed E-state index contributed by atoms with van der Waals surface area (Å²) < 4.78 is 5.55. The maximum absolute atomic E-state index is 12.7. The number of likely N-dealkylation sites (tertiary alicyclic amines) is 1. The minimum Gasteiger partial charge on any atom is -0.458 e. The molecule has 0 bridgehead atoms. The third kappa shape index (κ3) is 2.21. The lowest BCUT2D eigenvalue weighted by Gasteiger charge is -2.25. The number of aromatic amines is 1. The molecule has 3 aromatic heterocycles. The summed E-state index contributed by atoms with van der Waals surface area (Å²) in [7, 11) is 0. The van der Waals surface area contributed by atoms with Crippen molar-refractivity contribution >= 4 is 16.9 Å². The van der Waals surface area contributed by atoms with Crippen molar-refractivity contribution in [2.45, 2.75) is 38.8 Å². The smallest absolute Gasteiger partial charge is 0.290 e. The predicted octanol–water partition coefficient (Wildman–Crippen LogP) is 3.23. The van der Waals surface area contributed by atoms with E-state index in [1.165, 1.54) is 6.33 Å². The van der Waals surface area contributed by atoms with Gasteiger partial charge in [-0.2, -0.15) is 0 Å². The topological polar surface area (TPSA) is 75.0 Å². The van der Waals surface area contributed by atoms with E-state index in [2.05, 4.69) is 28.8 Å². The molecule has 23 heavy (non-hydrogen) atoms. The molecule has 0 aliphatic carbocycles. The first kappa shape index (κ1) is 14.0. The molecule has 6 nitrogen and oxygen atoms in total. The number of fused-ring (bicyclic) bond motifs is 1. The second kappa shape index (κ2) is 5.22. The molecule has 0 radical (unpaired) electrons. The van der Waals surface area contributed by atoms with E-state index >= 15 is 0 Å². The third-order valence-electron chi connectivity index (χ3n) is 4.62. The van der Waals surface area contributed by atoms with Crippen LogP contribution < -0.4 is 0 Å². The molecule has 4 heterocycles. The molecule has 1 amide bonds. The molecular weight excluding hydrogens is 292 g/mol. The van der Waals surface area contributed by atoms with Crippen LogP contribution in [0.15, 0.2) is 35.3 Å².